The van der Waals surface area contributed by atoms with Crippen molar-refractivity contribution >= 4 is 27.2 Å². The fourth-order valence-corrected chi connectivity index (χ4v) is 3.40. The molecule has 90 valence electrons. The van der Waals surface area contributed by atoms with Crippen molar-refractivity contribution in [3.8, 4) is 0 Å². The molecule has 1 saturated carbocycles. The number of aliphatic hydroxyl groups is 1. The number of hydrogen-bond acceptors (Lipinski definition) is 4. The Morgan fingerprint density at radius 3 is 2.94 bits per heavy atom. The number of hydrogen-bond donors (Lipinski definition) is 2. The number of aromatic nitrogens is 1. The number of fused-ring (bicyclic) bond motifs is 1. The summed E-state index contributed by atoms with van der Waals surface area (Å²) < 4.78 is 1.24. The van der Waals surface area contributed by atoms with Gasteiger partial charge in [0.05, 0.1) is 12.1 Å². The fraction of sp³-hybridized carbons (Fsp3) is 0.462. The topological polar surface area (TPSA) is 45.1 Å². The first kappa shape index (κ1) is 11.0. The zero-order valence-electron chi connectivity index (χ0n) is 9.65. The van der Waals surface area contributed by atoms with Crippen molar-refractivity contribution in [3.05, 3.63) is 23.7 Å². The van der Waals surface area contributed by atoms with E-state index in [1.165, 1.54) is 17.5 Å². The summed E-state index contributed by atoms with van der Waals surface area (Å²) in [6.07, 6.45) is 6.28. The molecule has 2 N–H and O–H groups in total. The zero-order valence-corrected chi connectivity index (χ0v) is 10.5. The highest BCUT2D eigenvalue weighted by Crippen LogP contribution is 2.35. The quantitative estimate of drug-likeness (QED) is 0.877. The van der Waals surface area contributed by atoms with Gasteiger partial charge in [-0.15, -0.1) is 11.3 Å². The van der Waals surface area contributed by atoms with E-state index >= 15 is 0 Å². The molecule has 0 radical (unpaired) electrons. The summed E-state index contributed by atoms with van der Waals surface area (Å²) in [6.45, 7) is 0.190. The highest BCUT2D eigenvalue weighted by molar-refractivity contribution is 7.17. The molecule has 0 aliphatic heterocycles. The van der Waals surface area contributed by atoms with Gasteiger partial charge in [-0.2, -0.15) is 0 Å². The van der Waals surface area contributed by atoms with Crippen LogP contribution in [0.5, 0.6) is 0 Å². The minimum Gasteiger partial charge on any atom is -0.394 e. The number of nitrogens with one attached hydrogen (secondary N) is 1. The fourth-order valence-electron chi connectivity index (χ4n) is 2.62. The van der Waals surface area contributed by atoms with Crippen molar-refractivity contribution in [1.82, 2.24) is 4.98 Å². The highest BCUT2D eigenvalue weighted by Gasteiger charge is 2.33. The minimum atomic E-state index is -0.150. The van der Waals surface area contributed by atoms with Gasteiger partial charge in [-0.3, -0.25) is 0 Å². The molecule has 0 saturated heterocycles. The highest BCUT2D eigenvalue weighted by atomic mass is 32.1. The summed E-state index contributed by atoms with van der Waals surface area (Å²) in [7, 11) is 0. The number of rotatable bonds is 3. The van der Waals surface area contributed by atoms with E-state index in [2.05, 4.69) is 21.7 Å². The molecular weight excluding hydrogens is 232 g/mol. The average Bonchev–Trinajstić information content (AvgIpc) is 2.98. The van der Waals surface area contributed by atoms with Crippen molar-refractivity contribution in [2.45, 2.75) is 31.2 Å². The van der Waals surface area contributed by atoms with Gasteiger partial charge in [0.15, 0.2) is 0 Å². The van der Waals surface area contributed by atoms with Crippen molar-refractivity contribution in [3.63, 3.8) is 0 Å². The van der Waals surface area contributed by atoms with Gasteiger partial charge in [-0.1, -0.05) is 12.8 Å². The third-order valence-corrected chi connectivity index (χ3v) is 4.51. The second-order valence-electron chi connectivity index (χ2n) is 4.76. The van der Waals surface area contributed by atoms with Crippen molar-refractivity contribution < 1.29 is 5.11 Å². The van der Waals surface area contributed by atoms with Gasteiger partial charge >= 0.3 is 0 Å². The molecule has 1 aliphatic rings. The predicted octanol–water partition coefficient (Wildman–Crippen LogP) is 3.01. The summed E-state index contributed by atoms with van der Waals surface area (Å²) >= 11 is 1.72. The lowest BCUT2D eigenvalue weighted by Gasteiger charge is -2.28. The maximum atomic E-state index is 9.61. The largest absolute Gasteiger partial charge is 0.394 e. The Hall–Kier alpha value is -1.13. The van der Waals surface area contributed by atoms with E-state index in [1.54, 1.807) is 11.3 Å². The summed E-state index contributed by atoms with van der Waals surface area (Å²) in [4.78, 5) is 4.42. The molecule has 2 heterocycles. The molecule has 0 spiro atoms. The van der Waals surface area contributed by atoms with Crippen molar-refractivity contribution in [2.75, 3.05) is 11.9 Å². The van der Waals surface area contributed by atoms with E-state index in [9.17, 15) is 5.11 Å². The normalized spacial score (nSPS) is 18.6. The van der Waals surface area contributed by atoms with Gasteiger partial charge in [-0.25, -0.2) is 4.98 Å². The lowest BCUT2D eigenvalue weighted by atomic mass is 9.99. The lowest BCUT2D eigenvalue weighted by Crippen LogP contribution is -2.39. The number of nitrogens with zero attached hydrogens (tertiary/aromatic N) is 1. The van der Waals surface area contributed by atoms with E-state index in [4.69, 9.17) is 0 Å². The summed E-state index contributed by atoms with van der Waals surface area (Å²) in [5.74, 6) is 0.916. The molecule has 3 nitrogen and oxygen atoms in total. The predicted molar refractivity (Wildman–Crippen MR) is 71.5 cm³/mol. The molecule has 1 aliphatic carbocycles. The van der Waals surface area contributed by atoms with Crippen LogP contribution < -0.4 is 5.32 Å². The van der Waals surface area contributed by atoms with Crippen LogP contribution >= 0.6 is 11.3 Å². The zero-order chi connectivity index (χ0) is 11.7. The molecule has 0 bridgehead atoms. The van der Waals surface area contributed by atoms with Crippen LogP contribution in [0.4, 0.5) is 5.82 Å². The molecule has 0 aromatic carbocycles. The third kappa shape index (κ3) is 1.91. The first-order valence-electron chi connectivity index (χ1n) is 6.04. The smallest absolute Gasteiger partial charge is 0.135 e. The van der Waals surface area contributed by atoms with Crippen LogP contribution in [0.1, 0.15) is 25.7 Å². The minimum absolute atomic E-state index is 0.150. The van der Waals surface area contributed by atoms with E-state index in [-0.39, 0.29) is 12.1 Å². The van der Waals surface area contributed by atoms with Gasteiger partial charge < -0.3 is 10.4 Å². The SMILES string of the molecule is OCC1(Nc2nccc3sccc23)CCCC1. The van der Waals surface area contributed by atoms with Crippen molar-refractivity contribution in [1.29, 1.82) is 0 Å². The summed E-state index contributed by atoms with van der Waals surface area (Å²) in [5.41, 5.74) is -0.150. The van der Waals surface area contributed by atoms with Crippen LogP contribution in [0.3, 0.4) is 0 Å². The molecule has 2 aromatic heterocycles. The Morgan fingerprint density at radius 1 is 1.35 bits per heavy atom. The standard InChI is InChI=1S/C13H16N2OS/c16-9-13(5-1-2-6-13)15-12-10-4-8-17-11(10)3-7-14-12/h3-4,7-8,16H,1-2,5-6,9H2,(H,14,15). The van der Waals surface area contributed by atoms with Gasteiger partial charge in [0.2, 0.25) is 0 Å². The van der Waals surface area contributed by atoms with Crippen LogP contribution in [0.25, 0.3) is 10.1 Å². The van der Waals surface area contributed by atoms with Crippen LogP contribution in [0.2, 0.25) is 0 Å². The molecule has 1 fully saturated rings. The van der Waals surface area contributed by atoms with Crippen LogP contribution in [-0.4, -0.2) is 22.2 Å². The second kappa shape index (κ2) is 4.27. The van der Waals surface area contributed by atoms with Crippen LogP contribution in [0.15, 0.2) is 23.7 Å². The molecule has 4 heteroatoms. The Morgan fingerprint density at radius 2 is 2.18 bits per heavy atom. The van der Waals surface area contributed by atoms with E-state index < -0.39 is 0 Å². The maximum Gasteiger partial charge on any atom is 0.135 e. The summed E-state index contributed by atoms with van der Waals surface area (Å²) in [5, 5.41) is 16.3. The number of pyridine rings is 1. The first-order valence-corrected chi connectivity index (χ1v) is 6.92. The van der Waals surface area contributed by atoms with Gasteiger partial charge in [0.1, 0.15) is 5.82 Å². The Balaban J connectivity index is 1.96. The van der Waals surface area contributed by atoms with Crippen LogP contribution in [0, 0.1) is 0 Å². The molecule has 2 aromatic rings. The Kier molecular flexibility index (Phi) is 2.76. The number of aliphatic hydroxyl groups excluding tert-OH is 1. The van der Waals surface area contributed by atoms with E-state index in [0.29, 0.717) is 0 Å². The lowest BCUT2D eigenvalue weighted by molar-refractivity contribution is 0.214. The molecule has 3 rings (SSSR count). The third-order valence-electron chi connectivity index (χ3n) is 3.63. The van der Waals surface area contributed by atoms with Crippen molar-refractivity contribution in [2.24, 2.45) is 0 Å². The van der Waals surface area contributed by atoms with Gasteiger partial charge in [0, 0.05) is 16.3 Å². The Bertz CT molecular complexity index is 517. The number of thiophene rings is 1. The monoisotopic (exact) mass is 248 g/mol. The van der Waals surface area contributed by atoms with Gasteiger partial charge in [0.25, 0.3) is 0 Å². The maximum absolute atomic E-state index is 9.61. The molecule has 0 unspecified atom stereocenters. The molecule has 0 atom stereocenters. The van der Waals surface area contributed by atoms with E-state index in [0.717, 1.165) is 24.0 Å². The average molecular weight is 248 g/mol. The Labute approximate surface area is 105 Å². The van der Waals surface area contributed by atoms with Crippen LogP contribution in [-0.2, 0) is 0 Å². The number of anilines is 1. The molecule has 0 amide bonds. The first-order chi connectivity index (χ1) is 8.33. The molecular formula is C13H16N2OS. The molecule has 17 heavy (non-hydrogen) atoms. The van der Waals surface area contributed by atoms with Gasteiger partial charge in [-0.05, 0) is 30.4 Å². The van der Waals surface area contributed by atoms with E-state index in [1.807, 2.05) is 12.3 Å². The summed E-state index contributed by atoms with van der Waals surface area (Å²) in [6, 6.07) is 4.13. The second-order valence-corrected chi connectivity index (χ2v) is 5.71.